The molecule has 2 heterocycles. The lowest BCUT2D eigenvalue weighted by Crippen LogP contribution is -2.18. The third-order valence-electron chi connectivity index (χ3n) is 5.85. The molecule has 4 aromatic rings. The molecule has 3 aromatic carbocycles. The van der Waals surface area contributed by atoms with Gasteiger partial charge in [0.1, 0.15) is 23.1 Å². The first-order valence-corrected chi connectivity index (χ1v) is 11.1. The molecule has 0 amide bonds. The van der Waals surface area contributed by atoms with Gasteiger partial charge in [0, 0.05) is 23.8 Å². The minimum Gasteiger partial charge on any atom is -0.508 e. The van der Waals surface area contributed by atoms with Crippen LogP contribution in [0, 0.1) is 5.82 Å². The van der Waals surface area contributed by atoms with Gasteiger partial charge < -0.3 is 10.0 Å². The summed E-state index contributed by atoms with van der Waals surface area (Å²) >= 11 is 0. The van der Waals surface area contributed by atoms with E-state index in [4.69, 9.17) is 9.97 Å². The van der Waals surface area contributed by atoms with Gasteiger partial charge in [-0.05, 0) is 78.6 Å². The maximum Gasteiger partial charge on any atom is 0.180 e. The van der Waals surface area contributed by atoms with Crippen LogP contribution in [-0.2, 0) is 6.42 Å². The Morgan fingerprint density at radius 3 is 2.62 bits per heavy atom. The Balaban J connectivity index is 1.73. The van der Waals surface area contributed by atoms with Crippen molar-refractivity contribution in [3.05, 3.63) is 103 Å². The van der Waals surface area contributed by atoms with Gasteiger partial charge in [-0.2, -0.15) is 0 Å². The second kappa shape index (κ2) is 8.90. The highest BCUT2D eigenvalue weighted by Gasteiger charge is 2.25. The molecule has 1 aliphatic rings. The van der Waals surface area contributed by atoms with E-state index in [2.05, 4.69) is 16.5 Å². The van der Waals surface area contributed by atoms with Crippen LogP contribution in [0.4, 0.5) is 15.9 Å². The van der Waals surface area contributed by atoms with Crippen LogP contribution in [0.5, 0.6) is 5.75 Å². The van der Waals surface area contributed by atoms with Gasteiger partial charge in [-0.3, -0.25) is 4.99 Å². The number of aromatic hydroxyl groups is 1. The number of nitrogens with zero attached hydrogens (tertiary/aromatic N) is 4. The first-order chi connectivity index (χ1) is 16.6. The van der Waals surface area contributed by atoms with Gasteiger partial charge in [-0.25, -0.2) is 14.4 Å². The molecule has 0 aliphatic carbocycles. The van der Waals surface area contributed by atoms with Crippen molar-refractivity contribution >= 4 is 28.1 Å². The molecule has 0 unspecified atom stereocenters. The number of anilines is 2. The van der Waals surface area contributed by atoms with E-state index in [1.165, 1.54) is 12.1 Å². The average Bonchev–Trinajstić information content (AvgIpc) is 3.27. The van der Waals surface area contributed by atoms with Crippen molar-refractivity contribution in [2.24, 2.45) is 4.99 Å². The molecule has 0 atom stereocenters. The summed E-state index contributed by atoms with van der Waals surface area (Å²) in [6.07, 6.45) is 5.97. The number of aromatic nitrogens is 2. The SMILES string of the molecule is C=CC(=N/C=C\C)c1nc(N2CCc3cc(O)ccc32)c2cc(-c3ccc(F)cc3)ccc2n1. The Morgan fingerprint density at radius 1 is 1.06 bits per heavy atom. The molecular weight excluding hydrogens is 427 g/mol. The van der Waals surface area contributed by atoms with E-state index >= 15 is 0 Å². The Hall–Kier alpha value is -4.32. The van der Waals surface area contributed by atoms with Gasteiger partial charge in [0.2, 0.25) is 0 Å². The summed E-state index contributed by atoms with van der Waals surface area (Å²) in [5.74, 6) is 1.22. The third kappa shape index (κ3) is 3.94. The molecule has 0 saturated heterocycles. The minimum atomic E-state index is -0.271. The molecule has 34 heavy (non-hydrogen) atoms. The summed E-state index contributed by atoms with van der Waals surface area (Å²) in [4.78, 5) is 16.3. The maximum atomic E-state index is 13.5. The molecule has 0 bridgehead atoms. The number of hydrogen-bond acceptors (Lipinski definition) is 5. The number of fused-ring (bicyclic) bond motifs is 2. The number of benzene rings is 3. The van der Waals surface area contributed by atoms with E-state index < -0.39 is 0 Å². The smallest absolute Gasteiger partial charge is 0.180 e. The summed E-state index contributed by atoms with van der Waals surface area (Å²) in [6, 6.07) is 17.8. The quantitative estimate of drug-likeness (QED) is 0.360. The zero-order chi connectivity index (χ0) is 23.7. The number of phenols is 1. The Labute approximate surface area is 197 Å². The van der Waals surface area contributed by atoms with Gasteiger partial charge in [-0.1, -0.05) is 30.9 Å². The first-order valence-electron chi connectivity index (χ1n) is 11.1. The van der Waals surface area contributed by atoms with Gasteiger partial charge in [0.15, 0.2) is 5.82 Å². The fourth-order valence-corrected chi connectivity index (χ4v) is 4.22. The van der Waals surface area contributed by atoms with Crippen LogP contribution in [0.25, 0.3) is 22.0 Å². The van der Waals surface area contributed by atoms with E-state index in [1.807, 2.05) is 37.3 Å². The van der Waals surface area contributed by atoms with Crippen molar-refractivity contribution in [2.75, 3.05) is 11.4 Å². The van der Waals surface area contributed by atoms with E-state index in [0.717, 1.165) is 52.1 Å². The summed E-state index contributed by atoms with van der Waals surface area (Å²) in [7, 11) is 0. The standard InChI is InChI=1S/C28H23FN4O/c1-3-14-30-24(4-2)27-31-25-11-7-19(18-5-8-21(29)9-6-18)17-23(25)28(32-27)33-15-13-20-16-22(34)10-12-26(20)33/h3-12,14,16-17,34H,2,13,15H2,1H3/b14-3-,30-24?. The van der Waals surface area contributed by atoms with E-state index in [-0.39, 0.29) is 11.6 Å². The lowest BCUT2D eigenvalue weighted by atomic mass is 10.0. The summed E-state index contributed by atoms with van der Waals surface area (Å²) < 4.78 is 13.5. The predicted octanol–water partition coefficient (Wildman–Crippen LogP) is 6.34. The highest BCUT2D eigenvalue weighted by atomic mass is 19.1. The van der Waals surface area contributed by atoms with Crippen molar-refractivity contribution in [1.29, 1.82) is 0 Å². The molecule has 5 nitrogen and oxygen atoms in total. The minimum absolute atomic E-state index is 0.250. The number of hydrogen-bond donors (Lipinski definition) is 1. The van der Waals surface area contributed by atoms with Gasteiger partial charge in [0.25, 0.3) is 0 Å². The van der Waals surface area contributed by atoms with Crippen LogP contribution >= 0.6 is 0 Å². The molecule has 168 valence electrons. The van der Waals surface area contributed by atoms with Crippen LogP contribution < -0.4 is 4.90 Å². The van der Waals surface area contributed by atoms with Gasteiger partial charge >= 0.3 is 0 Å². The molecule has 5 rings (SSSR count). The summed E-state index contributed by atoms with van der Waals surface area (Å²) in [6.45, 7) is 6.50. The molecule has 1 N–H and O–H groups in total. The average molecular weight is 451 g/mol. The molecule has 6 heteroatoms. The number of halogens is 1. The highest BCUT2D eigenvalue weighted by molar-refractivity contribution is 6.08. The molecular formula is C28H23FN4O. The largest absolute Gasteiger partial charge is 0.508 e. The van der Waals surface area contributed by atoms with Crippen molar-refractivity contribution in [1.82, 2.24) is 9.97 Å². The predicted molar refractivity (Wildman–Crippen MR) is 135 cm³/mol. The molecule has 1 aliphatic heterocycles. The normalized spacial score (nSPS) is 13.6. The number of rotatable bonds is 5. The van der Waals surface area contributed by atoms with Crippen LogP contribution in [0.2, 0.25) is 0 Å². The third-order valence-corrected chi connectivity index (χ3v) is 5.85. The maximum absolute atomic E-state index is 13.5. The second-order valence-corrected chi connectivity index (χ2v) is 8.03. The lowest BCUT2D eigenvalue weighted by Gasteiger charge is -2.21. The van der Waals surface area contributed by atoms with Crippen molar-refractivity contribution in [3.8, 4) is 16.9 Å². The molecule has 1 aromatic heterocycles. The zero-order valence-electron chi connectivity index (χ0n) is 18.7. The summed E-state index contributed by atoms with van der Waals surface area (Å²) in [5.41, 5.74) is 5.27. The number of aliphatic imine (C=N–C) groups is 1. The van der Waals surface area contributed by atoms with Crippen LogP contribution in [0.1, 0.15) is 18.3 Å². The Kier molecular flexibility index (Phi) is 5.64. The van der Waals surface area contributed by atoms with E-state index in [1.54, 1.807) is 36.5 Å². The topological polar surface area (TPSA) is 61.6 Å². The number of phenolic OH excluding ortho intramolecular Hbond substituents is 1. The molecule has 0 fully saturated rings. The first kappa shape index (κ1) is 21.5. The Morgan fingerprint density at radius 2 is 1.85 bits per heavy atom. The second-order valence-electron chi connectivity index (χ2n) is 8.03. The van der Waals surface area contributed by atoms with Gasteiger partial charge in [0.05, 0.1) is 5.52 Å². The van der Waals surface area contributed by atoms with Gasteiger partial charge in [-0.15, -0.1) is 0 Å². The Bertz CT molecular complexity index is 1460. The lowest BCUT2D eigenvalue weighted by molar-refractivity contribution is 0.475. The van der Waals surface area contributed by atoms with Crippen LogP contribution in [-0.4, -0.2) is 27.3 Å². The van der Waals surface area contributed by atoms with Crippen molar-refractivity contribution in [2.45, 2.75) is 13.3 Å². The number of allylic oxidation sites excluding steroid dienone is 2. The van der Waals surface area contributed by atoms with Crippen LogP contribution in [0.15, 0.2) is 90.6 Å². The van der Waals surface area contributed by atoms with E-state index in [9.17, 15) is 9.50 Å². The zero-order valence-corrected chi connectivity index (χ0v) is 18.7. The molecule has 0 saturated carbocycles. The monoisotopic (exact) mass is 450 g/mol. The fourth-order valence-electron chi connectivity index (χ4n) is 4.22. The summed E-state index contributed by atoms with van der Waals surface area (Å²) in [5, 5.41) is 10.8. The molecule has 0 spiro atoms. The highest BCUT2D eigenvalue weighted by Crippen LogP contribution is 2.39. The van der Waals surface area contributed by atoms with Crippen molar-refractivity contribution < 1.29 is 9.50 Å². The van der Waals surface area contributed by atoms with Crippen molar-refractivity contribution in [3.63, 3.8) is 0 Å². The fraction of sp³-hybridized carbons (Fsp3) is 0.107. The molecule has 0 radical (unpaired) electrons. The van der Waals surface area contributed by atoms with Crippen LogP contribution in [0.3, 0.4) is 0 Å². The van der Waals surface area contributed by atoms with E-state index in [0.29, 0.717) is 11.5 Å².